The first kappa shape index (κ1) is 26.4. The van der Waals surface area contributed by atoms with E-state index in [0.717, 1.165) is 11.3 Å². The van der Waals surface area contributed by atoms with Crippen molar-refractivity contribution in [2.45, 2.75) is 50.0 Å². The lowest BCUT2D eigenvalue weighted by Gasteiger charge is -2.36. The summed E-state index contributed by atoms with van der Waals surface area (Å²) in [5.41, 5.74) is -2.68. The Morgan fingerprint density at radius 3 is 2.47 bits per heavy atom. The SMILES string of the molecule is C[C@@H]1CN(S(=O)(=O)c2cn(C)cn2)CC[C@@H]1Nc1ncc(C(F)(F)F)c(-c2ncc(C(C)(C)O)s2)n1. The molecule has 15 heteroatoms. The molecule has 1 fully saturated rings. The summed E-state index contributed by atoms with van der Waals surface area (Å²) >= 11 is 0.921. The van der Waals surface area contributed by atoms with Gasteiger partial charge in [0.25, 0.3) is 10.0 Å². The summed E-state index contributed by atoms with van der Waals surface area (Å²) in [5, 5.41) is 13.2. The van der Waals surface area contributed by atoms with E-state index in [1.165, 1.54) is 36.9 Å². The smallest absolute Gasteiger partial charge is 0.385 e. The number of aliphatic hydroxyl groups is 1. The number of nitrogens with zero attached hydrogens (tertiary/aromatic N) is 6. The number of halogens is 3. The molecular formula is C21H26F3N7O3S2. The lowest BCUT2D eigenvalue weighted by molar-refractivity contribution is -0.137. The highest BCUT2D eigenvalue weighted by Gasteiger charge is 2.38. The van der Waals surface area contributed by atoms with Crippen molar-refractivity contribution in [3.8, 4) is 10.7 Å². The third-order valence-electron chi connectivity index (χ3n) is 5.87. The Hall–Kier alpha value is -2.62. The van der Waals surface area contributed by atoms with Crippen LogP contribution < -0.4 is 5.32 Å². The minimum Gasteiger partial charge on any atom is -0.385 e. The number of alkyl halides is 3. The van der Waals surface area contributed by atoms with Gasteiger partial charge in [-0.1, -0.05) is 6.92 Å². The number of imidazole rings is 1. The highest BCUT2D eigenvalue weighted by molar-refractivity contribution is 7.89. The van der Waals surface area contributed by atoms with E-state index in [-0.39, 0.29) is 46.7 Å². The van der Waals surface area contributed by atoms with Gasteiger partial charge in [0.1, 0.15) is 16.3 Å². The van der Waals surface area contributed by atoms with Crippen LogP contribution in [0.4, 0.5) is 19.1 Å². The normalized spacial score (nSPS) is 20.0. The molecule has 0 unspecified atom stereocenters. The second-order valence-electron chi connectivity index (χ2n) is 9.30. The fourth-order valence-corrected chi connectivity index (χ4v) is 6.29. The lowest BCUT2D eigenvalue weighted by atomic mass is 9.95. The van der Waals surface area contributed by atoms with E-state index in [1.54, 1.807) is 11.6 Å². The van der Waals surface area contributed by atoms with Gasteiger partial charge < -0.3 is 15.0 Å². The van der Waals surface area contributed by atoms with Crippen LogP contribution in [0.3, 0.4) is 0 Å². The van der Waals surface area contributed by atoms with Crippen LogP contribution in [-0.4, -0.2) is 61.5 Å². The molecule has 0 aromatic carbocycles. The van der Waals surface area contributed by atoms with Gasteiger partial charge >= 0.3 is 6.18 Å². The summed E-state index contributed by atoms with van der Waals surface area (Å²) < 4.78 is 69.7. The zero-order valence-electron chi connectivity index (χ0n) is 20.0. The van der Waals surface area contributed by atoms with Crippen molar-refractivity contribution < 1.29 is 26.7 Å². The third-order valence-corrected chi connectivity index (χ3v) is 8.94. The first-order chi connectivity index (χ1) is 16.7. The Balaban J connectivity index is 1.56. The zero-order chi connectivity index (χ0) is 26.5. The van der Waals surface area contributed by atoms with Crippen LogP contribution in [0.2, 0.25) is 0 Å². The summed E-state index contributed by atoms with van der Waals surface area (Å²) in [4.78, 5) is 16.4. The predicted molar refractivity (Wildman–Crippen MR) is 127 cm³/mol. The molecule has 1 aliphatic rings. The first-order valence-electron chi connectivity index (χ1n) is 11.0. The Bertz CT molecular complexity index is 1350. The van der Waals surface area contributed by atoms with E-state index in [2.05, 4.69) is 25.3 Å². The molecular weight excluding hydrogens is 519 g/mol. The number of hydrogen-bond acceptors (Lipinski definition) is 9. The summed E-state index contributed by atoms with van der Waals surface area (Å²) in [6, 6.07) is -0.270. The van der Waals surface area contributed by atoms with E-state index in [4.69, 9.17) is 0 Å². The van der Waals surface area contributed by atoms with E-state index in [0.29, 0.717) is 17.5 Å². The largest absolute Gasteiger partial charge is 0.420 e. The summed E-state index contributed by atoms with van der Waals surface area (Å²) in [6.45, 7) is 5.29. The Morgan fingerprint density at radius 2 is 1.92 bits per heavy atom. The molecule has 4 rings (SSSR count). The molecule has 0 aliphatic carbocycles. The maximum atomic E-state index is 13.7. The maximum absolute atomic E-state index is 13.7. The maximum Gasteiger partial charge on any atom is 0.420 e. The van der Waals surface area contributed by atoms with E-state index >= 15 is 0 Å². The standard InChI is InChI=1S/C21H26F3N7O3S2/c1-12-9-31(36(33,34)16-10-30(4)11-27-16)6-5-14(12)28-19-26-7-13(21(22,23)24)17(29-19)18-25-8-15(35-18)20(2,3)32/h7-8,10-12,14,32H,5-6,9H2,1-4H3,(H,26,28,29)/t12-,14+/m1/s1. The third kappa shape index (κ3) is 5.38. The monoisotopic (exact) mass is 545 g/mol. The quantitative estimate of drug-likeness (QED) is 0.484. The van der Waals surface area contributed by atoms with Gasteiger partial charge in [0.15, 0.2) is 5.03 Å². The van der Waals surface area contributed by atoms with E-state index in [9.17, 15) is 26.7 Å². The van der Waals surface area contributed by atoms with Crippen LogP contribution >= 0.6 is 11.3 Å². The minimum absolute atomic E-state index is 0.00854. The van der Waals surface area contributed by atoms with Gasteiger partial charge in [-0.05, 0) is 26.2 Å². The first-order valence-corrected chi connectivity index (χ1v) is 13.3. The van der Waals surface area contributed by atoms with E-state index < -0.39 is 27.4 Å². The van der Waals surface area contributed by atoms with Crippen molar-refractivity contribution in [2.24, 2.45) is 13.0 Å². The van der Waals surface area contributed by atoms with Crippen molar-refractivity contribution in [1.82, 2.24) is 28.8 Å². The molecule has 0 spiro atoms. The second-order valence-corrected chi connectivity index (χ2v) is 12.2. The zero-order valence-corrected chi connectivity index (χ0v) is 21.6. The van der Waals surface area contributed by atoms with Crippen molar-refractivity contribution >= 4 is 27.3 Å². The van der Waals surface area contributed by atoms with Crippen LogP contribution in [0.25, 0.3) is 10.7 Å². The minimum atomic E-state index is -4.70. The average Bonchev–Trinajstić information content (AvgIpc) is 3.44. The van der Waals surface area contributed by atoms with Gasteiger partial charge in [-0.15, -0.1) is 11.3 Å². The van der Waals surface area contributed by atoms with Crippen LogP contribution in [0.5, 0.6) is 0 Å². The summed E-state index contributed by atoms with van der Waals surface area (Å²) in [5.74, 6) is -0.205. The van der Waals surface area contributed by atoms with Crippen LogP contribution in [0.15, 0.2) is 29.9 Å². The molecule has 2 N–H and O–H groups in total. The Morgan fingerprint density at radius 1 is 1.19 bits per heavy atom. The highest BCUT2D eigenvalue weighted by Crippen LogP contribution is 2.39. The molecule has 1 saturated heterocycles. The molecule has 3 aromatic rings. The van der Waals surface area contributed by atoms with Crippen LogP contribution in [0.1, 0.15) is 37.6 Å². The molecule has 0 saturated carbocycles. The number of thiazole rings is 1. The molecule has 0 radical (unpaired) electrons. The van der Waals surface area contributed by atoms with Crippen molar-refractivity contribution in [3.63, 3.8) is 0 Å². The van der Waals surface area contributed by atoms with Crippen molar-refractivity contribution in [2.75, 3.05) is 18.4 Å². The number of aryl methyl sites for hydroxylation is 1. The molecule has 196 valence electrons. The summed E-state index contributed by atoms with van der Waals surface area (Å²) in [7, 11) is -2.07. The van der Waals surface area contributed by atoms with Gasteiger partial charge in [0.05, 0.1) is 16.8 Å². The number of aromatic nitrogens is 5. The Labute approximate surface area is 210 Å². The van der Waals surface area contributed by atoms with Crippen molar-refractivity contribution in [3.05, 3.63) is 35.4 Å². The van der Waals surface area contributed by atoms with Gasteiger partial charge in [-0.25, -0.2) is 28.4 Å². The molecule has 36 heavy (non-hydrogen) atoms. The van der Waals surface area contributed by atoms with Gasteiger partial charge in [0, 0.05) is 44.8 Å². The van der Waals surface area contributed by atoms with Gasteiger partial charge in [0.2, 0.25) is 5.95 Å². The lowest BCUT2D eigenvalue weighted by Crippen LogP contribution is -2.47. The topological polar surface area (TPSA) is 126 Å². The van der Waals surface area contributed by atoms with Gasteiger partial charge in [-0.2, -0.15) is 17.5 Å². The van der Waals surface area contributed by atoms with Crippen LogP contribution in [-0.2, 0) is 28.8 Å². The fraction of sp³-hybridized carbons (Fsp3) is 0.524. The number of hydrogen-bond donors (Lipinski definition) is 2. The molecule has 2 atom stereocenters. The molecule has 0 amide bonds. The second kappa shape index (κ2) is 9.36. The molecule has 4 heterocycles. The number of sulfonamides is 1. The number of nitrogens with one attached hydrogen (secondary N) is 1. The fourth-order valence-electron chi connectivity index (χ4n) is 3.85. The molecule has 10 nitrogen and oxygen atoms in total. The molecule has 1 aliphatic heterocycles. The number of rotatable bonds is 6. The molecule has 0 bridgehead atoms. The Kier molecular flexibility index (Phi) is 6.87. The number of piperidine rings is 1. The highest BCUT2D eigenvalue weighted by atomic mass is 32.2. The van der Waals surface area contributed by atoms with E-state index in [1.807, 2.05) is 6.92 Å². The van der Waals surface area contributed by atoms with Crippen molar-refractivity contribution in [1.29, 1.82) is 0 Å². The number of anilines is 1. The average molecular weight is 546 g/mol. The molecule has 3 aromatic heterocycles. The van der Waals surface area contributed by atoms with Gasteiger partial charge in [-0.3, -0.25) is 0 Å². The predicted octanol–water partition coefficient (Wildman–Crippen LogP) is 3.09. The summed E-state index contributed by atoms with van der Waals surface area (Å²) in [6.07, 6.45) is 0.581. The van der Waals surface area contributed by atoms with Crippen LogP contribution in [0, 0.1) is 5.92 Å².